The smallest absolute Gasteiger partial charge is 0.131 e. The van der Waals surface area contributed by atoms with Crippen LogP contribution in [0, 0.1) is 29.4 Å². The van der Waals surface area contributed by atoms with E-state index in [9.17, 15) is 8.78 Å². The second-order valence-electron chi connectivity index (χ2n) is 10.2. The van der Waals surface area contributed by atoms with Crippen molar-refractivity contribution in [2.75, 3.05) is 0 Å². The summed E-state index contributed by atoms with van der Waals surface area (Å²) in [5.41, 5.74) is 2.46. The van der Waals surface area contributed by atoms with Crippen molar-refractivity contribution in [1.29, 1.82) is 0 Å². The SMILES string of the molecule is CCCCCCCC1CCC2CC(c3ccc(-c4ccc(F)cc4)c(F)c3)CCC2C1. The van der Waals surface area contributed by atoms with Gasteiger partial charge in [0, 0.05) is 5.56 Å². The number of halogens is 2. The fraction of sp³-hybridized carbons (Fsp3) is 0.586. The minimum Gasteiger partial charge on any atom is -0.207 e. The van der Waals surface area contributed by atoms with Crippen LogP contribution in [0.25, 0.3) is 11.1 Å². The average Bonchev–Trinajstić information content (AvgIpc) is 2.79. The largest absolute Gasteiger partial charge is 0.207 e. The van der Waals surface area contributed by atoms with Crippen LogP contribution in [0.5, 0.6) is 0 Å². The van der Waals surface area contributed by atoms with Crippen LogP contribution in [0.1, 0.15) is 95.5 Å². The quantitative estimate of drug-likeness (QED) is 0.370. The summed E-state index contributed by atoms with van der Waals surface area (Å²) < 4.78 is 28.1. The first-order chi connectivity index (χ1) is 15.1. The first kappa shape index (κ1) is 22.5. The highest BCUT2D eigenvalue weighted by molar-refractivity contribution is 5.64. The summed E-state index contributed by atoms with van der Waals surface area (Å²) in [7, 11) is 0. The molecule has 2 heteroatoms. The van der Waals surface area contributed by atoms with E-state index in [2.05, 4.69) is 13.0 Å². The van der Waals surface area contributed by atoms with Crippen molar-refractivity contribution in [3.8, 4) is 11.1 Å². The van der Waals surface area contributed by atoms with E-state index in [0.29, 0.717) is 11.5 Å². The Labute approximate surface area is 187 Å². The molecule has 0 heterocycles. The molecule has 0 aliphatic heterocycles. The van der Waals surface area contributed by atoms with Crippen LogP contribution in [0.3, 0.4) is 0 Å². The fourth-order valence-corrected chi connectivity index (χ4v) is 6.24. The lowest BCUT2D eigenvalue weighted by Crippen LogP contribution is -2.30. The molecular formula is C29H38F2. The molecule has 0 spiro atoms. The summed E-state index contributed by atoms with van der Waals surface area (Å²) in [6.45, 7) is 2.28. The molecule has 2 aliphatic rings. The molecule has 4 atom stereocenters. The topological polar surface area (TPSA) is 0 Å². The normalized spacial score (nSPS) is 25.9. The molecular weight excluding hydrogens is 386 g/mol. The van der Waals surface area contributed by atoms with Crippen molar-refractivity contribution in [2.45, 2.75) is 89.9 Å². The summed E-state index contributed by atoms with van der Waals surface area (Å²) in [5.74, 6) is 2.70. The van der Waals surface area contributed by atoms with Crippen LogP contribution in [-0.2, 0) is 0 Å². The van der Waals surface area contributed by atoms with Crippen LogP contribution in [0.4, 0.5) is 8.78 Å². The molecule has 0 N–H and O–H groups in total. The Kier molecular flexibility index (Phi) is 7.80. The summed E-state index contributed by atoms with van der Waals surface area (Å²) in [6.07, 6.45) is 16.3. The Balaban J connectivity index is 1.31. The van der Waals surface area contributed by atoms with Gasteiger partial charge >= 0.3 is 0 Å². The number of rotatable bonds is 8. The lowest BCUT2D eigenvalue weighted by molar-refractivity contribution is 0.113. The Morgan fingerprint density at radius 1 is 0.774 bits per heavy atom. The van der Waals surface area contributed by atoms with E-state index in [4.69, 9.17) is 0 Å². The van der Waals surface area contributed by atoms with E-state index < -0.39 is 0 Å². The van der Waals surface area contributed by atoms with Gasteiger partial charge in [-0.15, -0.1) is 0 Å². The second kappa shape index (κ2) is 10.7. The van der Waals surface area contributed by atoms with E-state index in [-0.39, 0.29) is 11.6 Å². The maximum absolute atomic E-state index is 14.9. The highest BCUT2D eigenvalue weighted by Crippen LogP contribution is 2.48. The highest BCUT2D eigenvalue weighted by Gasteiger charge is 2.35. The zero-order valence-electron chi connectivity index (χ0n) is 19.1. The highest BCUT2D eigenvalue weighted by atomic mass is 19.1. The van der Waals surface area contributed by atoms with Gasteiger partial charge in [0.1, 0.15) is 11.6 Å². The Hall–Kier alpha value is -1.70. The lowest BCUT2D eigenvalue weighted by Gasteiger charge is -2.42. The number of hydrogen-bond donors (Lipinski definition) is 0. The number of unbranched alkanes of at least 4 members (excludes halogenated alkanes) is 4. The zero-order chi connectivity index (χ0) is 21.6. The van der Waals surface area contributed by atoms with E-state index in [1.54, 1.807) is 18.2 Å². The molecule has 31 heavy (non-hydrogen) atoms. The number of fused-ring (bicyclic) bond motifs is 1. The predicted octanol–water partition coefficient (Wildman–Crippen LogP) is 9.29. The van der Waals surface area contributed by atoms with Gasteiger partial charge in [-0.05, 0) is 85.1 Å². The summed E-state index contributed by atoms with van der Waals surface area (Å²) in [6, 6.07) is 11.8. The minimum atomic E-state index is -0.288. The molecule has 4 unspecified atom stereocenters. The van der Waals surface area contributed by atoms with E-state index >= 15 is 0 Å². The molecule has 2 saturated carbocycles. The summed E-state index contributed by atoms with van der Waals surface area (Å²) >= 11 is 0. The van der Waals surface area contributed by atoms with Gasteiger partial charge in [-0.1, -0.05) is 76.1 Å². The van der Waals surface area contributed by atoms with Crippen molar-refractivity contribution in [1.82, 2.24) is 0 Å². The molecule has 0 saturated heterocycles. The predicted molar refractivity (Wildman–Crippen MR) is 126 cm³/mol. The van der Waals surface area contributed by atoms with E-state index in [1.807, 2.05) is 6.07 Å². The Morgan fingerprint density at radius 3 is 2.29 bits per heavy atom. The Bertz CT molecular complexity index is 825. The van der Waals surface area contributed by atoms with Crippen molar-refractivity contribution in [3.05, 3.63) is 59.7 Å². The maximum Gasteiger partial charge on any atom is 0.131 e. The van der Waals surface area contributed by atoms with Crippen molar-refractivity contribution in [2.24, 2.45) is 17.8 Å². The first-order valence-electron chi connectivity index (χ1n) is 12.7. The van der Waals surface area contributed by atoms with Gasteiger partial charge in [0.05, 0.1) is 0 Å². The third-order valence-electron chi connectivity index (χ3n) is 8.06. The number of hydrogen-bond acceptors (Lipinski definition) is 0. The third-order valence-corrected chi connectivity index (χ3v) is 8.06. The molecule has 2 aliphatic carbocycles. The van der Waals surface area contributed by atoms with E-state index in [0.717, 1.165) is 28.9 Å². The maximum atomic E-state index is 14.9. The van der Waals surface area contributed by atoms with Crippen molar-refractivity contribution < 1.29 is 8.78 Å². The third kappa shape index (κ3) is 5.76. The van der Waals surface area contributed by atoms with Crippen LogP contribution < -0.4 is 0 Å². The van der Waals surface area contributed by atoms with E-state index in [1.165, 1.54) is 89.2 Å². The van der Waals surface area contributed by atoms with Gasteiger partial charge in [0.25, 0.3) is 0 Å². The molecule has 4 rings (SSSR count). The first-order valence-corrected chi connectivity index (χ1v) is 12.7. The Morgan fingerprint density at radius 2 is 1.52 bits per heavy atom. The fourth-order valence-electron chi connectivity index (χ4n) is 6.24. The molecule has 168 valence electrons. The zero-order valence-corrected chi connectivity index (χ0v) is 19.1. The molecule has 0 aromatic heterocycles. The van der Waals surface area contributed by atoms with Crippen LogP contribution in [0.15, 0.2) is 42.5 Å². The van der Waals surface area contributed by atoms with Gasteiger partial charge in [0.15, 0.2) is 0 Å². The monoisotopic (exact) mass is 424 g/mol. The molecule has 2 fully saturated rings. The van der Waals surface area contributed by atoms with Crippen LogP contribution in [-0.4, -0.2) is 0 Å². The molecule has 0 amide bonds. The van der Waals surface area contributed by atoms with Crippen molar-refractivity contribution >= 4 is 0 Å². The van der Waals surface area contributed by atoms with Crippen LogP contribution in [0.2, 0.25) is 0 Å². The molecule has 0 bridgehead atoms. The summed E-state index contributed by atoms with van der Waals surface area (Å²) in [4.78, 5) is 0. The number of benzene rings is 2. The standard InChI is InChI=1S/C29H38F2/c1-2-3-4-5-6-7-21-8-9-24-19-25(11-10-23(24)18-21)26-14-17-28(29(31)20-26)22-12-15-27(30)16-13-22/h12-17,20-21,23-25H,2-11,18-19H2,1H3. The molecule has 0 nitrogen and oxygen atoms in total. The van der Waals surface area contributed by atoms with Gasteiger partial charge in [-0.25, -0.2) is 8.78 Å². The summed E-state index contributed by atoms with van der Waals surface area (Å²) in [5, 5.41) is 0. The molecule has 2 aromatic carbocycles. The molecule has 2 aromatic rings. The van der Waals surface area contributed by atoms with Gasteiger partial charge in [0.2, 0.25) is 0 Å². The van der Waals surface area contributed by atoms with Crippen LogP contribution >= 0.6 is 0 Å². The second-order valence-corrected chi connectivity index (χ2v) is 10.2. The van der Waals surface area contributed by atoms with Crippen molar-refractivity contribution in [3.63, 3.8) is 0 Å². The molecule has 0 radical (unpaired) electrons. The van der Waals surface area contributed by atoms with Gasteiger partial charge < -0.3 is 0 Å². The van der Waals surface area contributed by atoms with Gasteiger partial charge in [-0.2, -0.15) is 0 Å². The lowest BCUT2D eigenvalue weighted by atomic mass is 9.63. The minimum absolute atomic E-state index is 0.182. The average molecular weight is 425 g/mol. The van der Waals surface area contributed by atoms with Gasteiger partial charge in [-0.3, -0.25) is 0 Å².